The summed E-state index contributed by atoms with van der Waals surface area (Å²) in [5.74, 6) is 0.187. The van der Waals surface area contributed by atoms with Gasteiger partial charge in [-0.1, -0.05) is 24.3 Å². The molecule has 3 nitrogen and oxygen atoms in total. The third kappa shape index (κ3) is 3.23. The first-order valence-electron chi connectivity index (χ1n) is 6.97. The minimum Gasteiger partial charge on any atom is -0.381 e. The van der Waals surface area contributed by atoms with Crippen LogP contribution < -0.4 is 0 Å². The lowest BCUT2D eigenvalue weighted by atomic mass is 9.85. The van der Waals surface area contributed by atoms with Crippen molar-refractivity contribution in [2.75, 3.05) is 19.8 Å². The highest BCUT2D eigenvalue weighted by Crippen LogP contribution is 2.28. The highest BCUT2D eigenvalue weighted by molar-refractivity contribution is 5.89. The summed E-state index contributed by atoms with van der Waals surface area (Å²) < 4.78 is 11.2. The molecule has 1 aliphatic rings. The summed E-state index contributed by atoms with van der Waals surface area (Å²) in [4.78, 5) is 12.7. The Kier molecular flexibility index (Phi) is 4.72. The first kappa shape index (κ1) is 14.2. The molecule has 0 saturated carbocycles. The van der Waals surface area contributed by atoms with E-state index in [0.29, 0.717) is 39.1 Å². The Morgan fingerprint density at radius 3 is 2.63 bits per heavy atom. The molecule has 1 heterocycles. The van der Waals surface area contributed by atoms with E-state index < -0.39 is 5.60 Å². The minimum absolute atomic E-state index is 0.187. The molecule has 2 rings (SSSR count). The molecule has 1 aliphatic heterocycles. The number of aryl methyl sites for hydroxylation is 1. The first-order valence-corrected chi connectivity index (χ1v) is 6.97. The van der Waals surface area contributed by atoms with Gasteiger partial charge in [0.05, 0.1) is 0 Å². The number of carbonyl (C=O) groups excluding carboxylic acids is 1. The number of hydrogen-bond acceptors (Lipinski definition) is 3. The number of ketones is 1. The van der Waals surface area contributed by atoms with Gasteiger partial charge in [-0.15, -0.1) is 0 Å². The van der Waals surface area contributed by atoms with E-state index in [1.807, 2.05) is 38.1 Å². The van der Waals surface area contributed by atoms with Crippen molar-refractivity contribution in [3.8, 4) is 0 Å². The van der Waals surface area contributed by atoms with Gasteiger partial charge in [0, 0.05) is 39.1 Å². The van der Waals surface area contributed by atoms with Crippen molar-refractivity contribution in [3.63, 3.8) is 0 Å². The highest BCUT2D eigenvalue weighted by atomic mass is 16.5. The van der Waals surface area contributed by atoms with Crippen LogP contribution in [0.2, 0.25) is 0 Å². The van der Waals surface area contributed by atoms with Crippen LogP contribution >= 0.6 is 0 Å². The molecule has 0 N–H and O–H groups in total. The summed E-state index contributed by atoms with van der Waals surface area (Å²) in [7, 11) is 0. The maximum absolute atomic E-state index is 12.7. The molecule has 0 bridgehead atoms. The molecule has 0 radical (unpaired) electrons. The van der Waals surface area contributed by atoms with E-state index in [1.54, 1.807) is 0 Å². The van der Waals surface area contributed by atoms with Crippen LogP contribution in [-0.2, 0) is 20.7 Å². The molecule has 1 aromatic carbocycles. The lowest BCUT2D eigenvalue weighted by Crippen LogP contribution is -2.47. The molecule has 1 aromatic rings. The van der Waals surface area contributed by atoms with Gasteiger partial charge in [0.15, 0.2) is 5.78 Å². The average molecular weight is 262 g/mol. The summed E-state index contributed by atoms with van der Waals surface area (Å²) in [5.41, 5.74) is 1.63. The molecule has 1 saturated heterocycles. The van der Waals surface area contributed by atoms with Gasteiger partial charge in [-0.05, 0) is 25.0 Å². The van der Waals surface area contributed by atoms with Crippen LogP contribution in [0.5, 0.6) is 0 Å². The SMILES string of the molecule is CCOC1(C(=O)Cc2ccccc2C)CCOCC1. The van der Waals surface area contributed by atoms with Crippen molar-refractivity contribution in [1.82, 2.24) is 0 Å². The van der Waals surface area contributed by atoms with Crippen LogP contribution in [0, 0.1) is 6.92 Å². The van der Waals surface area contributed by atoms with Gasteiger partial charge in [-0.25, -0.2) is 0 Å². The fraction of sp³-hybridized carbons (Fsp3) is 0.562. The first-order chi connectivity index (χ1) is 9.18. The molecular formula is C16H22O3. The summed E-state index contributed by atoms with van der Waals surface area (Å²) in [6.45, 7) is 5.77. The van der Waals surface area contributed by atoms with Gasteiger partial charge in [0.1, 0.15) is 5.60 Å². The number of hydrogen-bond donors (Lipinski definition) is 0. The van der Waals surface area contributed by atoms with Crippen LogP contribution in [0.15, 0.2) is 24.3 Å². The van der Waals surface area contributed by atoms with E-state index in [4.69, 9.17) is 9.47 Å². The maximum Gasteiger partial charge on any atom is 0.169 e. The van der Waals surface area contributed by atoms with Gasteiger partial charge in [0.2, 0.25) is 0 Å². The summed E-state index contributed by atoms with van der Waals surface area (Å²) in [5, 5.41) is 0. The second-order valence-corrected chi connectivity index (χ2v) is 5.07. The molecule has 0 spiro atoms. The zero-order valence-electron chi connectivity index (χ0n) is 11.8. The largest absolute Gasteiger partial charge is 0.381 e. The van der Waals surface area contributed by atoms with Crippen molar-refractivity contribution >= 4 is 5.78 Å². The fourth-order valence-electron chi connectivity index (χ4n) is 2.62. The average Bonchev–Trinajstić information content (AvgIpc) is 2.42. The van der Waals surface area contributed by atoms with E-state index in [1.165, 1.54) is 0 Å². The quantitative estimate of drug-likeness (QED) is 0.818. The van der Waals surface area contributed by atoms with Crippen molar-refractivity contribution in [2.24, 2.45) is 0 Å². The number of carbonyl (C=O) groups is 1. The van der Waals surface area contributed by atoms with Crippen LogP contribution in [0.1, 0.15) is 30.9 Å². The molecule has 1 fully saturated rings. The maximum atomic E-state index is 12.7. The molecule has 0 unspecified atom stereocenters. The zero-order chi connectivity index (χ0) is 13.7. The van der Waals surface area contributed by atoms with Gasteiger partial charge in [0.25, 0.3) is 0 Å². The van der Waals surface area contributed by atoms with Crippen molar-refractivity contribution in [2.45, 2.75) is 38.7 Å². The Morgan fingerprint density at radius 2 is 2.00 bits per heavy atom. The van der Waals surface area contributed by atoms with Crippen molar-refractivity contribution in [1.29, 1.82) is 0 Å². The molecular weight excluding hydrogens is 240 g/mol. The molecule has 3 heteroatoms. The molecule has 104 valence electrons. The molecule has 0 atom stereocenters. The predicted molar refractivity (Wildman–Crippen MR) is 74.3 cm³/mol. The predicted octanol–water partition coefficient (Wildman–Crippen LogP) is 2.69. The third-order valence-corrected chi connectivity index (χ3v) is 3.84. The Hall–Kier alpha value is -1.19. The lowest BCUT2D eigenvalue weighted by molar-refractivity contribution is -0.156. The number of rotatable bonds is 5. The smallest absolute Gasteiger partial charge is 0.169 e. The van der Waals surface area contributed by atoms with Crippen LogP contribution in [0.25, 0.3) is 0 Å². The molecule has 0 aliphatic carbocycles. The Balaban J connectivity index is 2.14. The third-order valence-electron chi connectivity index (χ3n) is 3.84. The standard InChI is InChI=1S/C16H22O3/c1-3-19-16(8-10-18-11-9-16)15(17)12-14-7-5-4-6-13(14)2/h4-7H,3,8-12H2,1-2H3. The van der Waals surface area contributed by atoms with E-state index >= 15 is 0 Å². The second-order valence-electron chi connectivity index (χ2n) is 5.07. The molecule has 19 heavy (non-hydrogen) atoms. The highest BCUT2D eigenvalue weighted by Gasteiger charge is 2.40. The van der Waals surface area contributed by atoms with Gasteiger partial charge in [-0.2, -0.15) is 0 Å². The number of ether oxygens (including phenoxy) is 2. The Morgan fingerprint density at radius 1 is 1.32 bits per heavy atom. The second kappa shape index (κ2) is 6.31. The van der Waals surface area contributed by atoms with E-state index in [2.05, 4.69) is 0 Å². The normalized spacial score (nSPS) is 18.2. The van der Waals surface area contributed by atoms with Gasteiger partial charge >= 0.3 is 0 Å². The van der Waals surface area contributed by atoms with E-state index in [0.717, 1.165) is 11.1 Å². The van der Waals surface area contributed by atoms with Crippen LogP contribution in [0.3, 0.4) is 0 Å². The Bertz CT molecular complexity index is 428. The van der Waals surface area contributed by atoms with Crippen molar-refractivity contribution in [3.05, 3.63) is 35.4 Å². The van der Waals surface area contributed by atoms with Crippen molar-refractivity contribution < 1.29 is 14.3 Å². The number of Topliss-reactive ketones (excluding diaryl/α,β-unsaturated/α-hetero) is 1. The van der Waals surface area contributed by atoms with Gasteiger partial charge in [-0.3, -0.25) is 4.79 Å². The summed E-state index contributed by atoms with van der Waals surface area (Å²) >= 11 is 0. The monoisotopic (exact) mass is 262 g/mol. The topological polar surface area (TPSA) is 35.5 Å². The zero-order valence-corrected chi connectivity index (χ0v) is 11.8. The summed E-state index contributed by atoms with van der Waals surface area (Å²) in [6.07, 6.45) is 1.80. The minimum atomic E-state index is -0.630. The van der Waals surface area contributed by atoms with E-state index in [9.17, 15) is 4.79 Å². The fourth-order valence-corrected chi connectivity index (χ4v) is 2.62. The van der Waals surface area contributed by atoms with Crippen LogP contribution in [0.4, 0.5) is 0 Å². The number of benzene rings is 1. The molecule has 0 aromatic heterocycles. The van der Waals surface area contributed by atoms with Crippen LogP contribution in [-0.4, -0.2) is 31.2 Å². The lowest BCUT2D eigenvalue weighted by Gasteiger charge is -2.35. The van der Waals surface area contributed by atoms with E-state index in [-0.39, 0.29) is 5.78 Å². The summed E-state index contributed by atoms with van der Waals surface area (Å²) in [6, 6.07) is 8.04. The van der Waals surface area contributed by atoms with Gasteiger partial charge < -0.3 is 9.47 Å². The Labute approximate surface area is 114 Å². The molecule has 0 amide bonds.